The Morgan fingerprint density at radius 2 is 1.75 bits per heavy atom. The maximum Gasteiger partial charge on any atom is 0.336 e. The average molecular weight is 505 g/mol. The highest BCUT2D eigenvalue weighted by molar-refractivity contribution is 5.96. The SMILES string of the molecule is Cc1ncc(CN2CCN(CCC#N)CC2)c2cc(-c3cc(=O)oc4cc5c(cc34)CCC5)oc12.Cl. The van der Waals surface area contributed by atoms with Crippen LogP contribution in [-0.4, -0.2) is 47.5 Å². The van der Waals surface area contributed by atoms with Crippen LogP contribution in [0.4, 0.5) is 0 Å². The largest absolute Gasteiger partial charge is 0.454 e. The molecule has 7 nitrogen and oxygen atoms in total. The molecule has 1 aromatic carbocycles. The lowest BCUT2D eigenvalue weighted by Crippen LogP contribution is -2.46. The maximum absolute atomic E-state index is 12.4. The Hall–Kier alpha value is -3.18. The highest BCUT2D eigenvalue weighted by Gasteiger charge is 2.21. The Morgan fingerprint density at radius 3 is 2.53 bits per heavy atom. The summed E-state index contributed by atoms with van der Waals surface area (Å²) in [5.74, 6) is 0.675. The molecule has 0 N–H and O–H groups in total. The molecule has 2 aliphatic rings. The molecule has 186 valence electrons. The predicted molar refractivity (Wildman–Crippen MR) is 141 cm³/mol. The third kappa shape index (κ3) is 4.53. The molecule has 8 heteroatoms. The number of halogens is 1. The number of rotatable bonds is 5. The van der Waals surface area contributed by atoms with Crippen LogP contribution in [-0.2, 0) is 19.4 Å². The smallest absolute Gasteiger partial charge is 0.336 e. The van der Waals surface area contributed by atoms with E-state index in [0.717, 1.165) is 91.7 Å². The van der Waals surface area contributed by atoms with E-state index in [1.807, 2.05) is 19.2 Å². The molecule has 1 aliphatic carbocycles. The molecule has 0 radical (unpaired) electrons. The summed E-state index contributed by atoms with van der Waals surface area (Å²) in [6.45, 7) is 7.45. The first-order chi connectivity index (χ1) is 17.1. The van der Waals surface area contributed by atoms with Gasteiger partial charge in [0.1, 0.15) is 11.3 Å². The summed E-state index contributed by atoms with van der Waals surface area (Å²) in [7, 11) is 0. The van der Waals surface area contributed by atoms with Crippen molar-refractivity contribution in [2.24, 2.45) is 0 Å². The van der Waals surface area contributed by atoms with Gasteiger partial charge < -0.3 is 8.83 Å². The summed E-state index contributed by atoms with van der Waals surface area (Å²) in [4.78, 5) is 21.8. The highest BCUT2D eigenvalue weighted by atomic mass is 35.5. The highest BCUT2D eigenvalue weighted by Crippen LogP contribution is 2.36. The van der Waals surface area contributed by atoms with Gasteiger partial charge in [-0.1, -0.05) is 0 Å². The van der Waals surface area contributed by atoms with E-state index >= 15 is 0 Å². The fraction of sp³-hybridized carbons (Fsp3) is 0.393. The Balaban J connectivity index is 0.00000267. The van der Waals surface area contributed by atoms with Crippen molar-refractivity contribution < 1.29 is 8.83 Å². The van der Waals surface area contributed by atoms with Gasteiger partial charge in [0.2, 0.25) is 0 Å². The van der Waals surface area contributed by atoms with Crippen LogP contribution >= 0.6 is 12.4 Å². The van der Waals surface area contributed by atoms with Crippen LogP contribution in [0.3, 0.4) is 0 Å². The minimum atomic E-state index is -0.366. The van der Waals surface area contributed by atoms with E-state index in [1.165, 1.54) is 11.1 Å². The van der Waals surface area contributed by atoms with Crippen LogP contribution in [0, 0.1) is 18.3 Å². The molecular formula is C28H29ClN4O3. The first-order valence-corrected chi connectivity index (χ1v) is 12.4. The molecule has 0 atom stereocenters. The van der Waals surface area contributed by atoms with Crippen LogP contribution in [0.25, 0.3) is 33.3 Å². The van der Waals surface area contributed by atoms with E-state index in [1.54, 1.807) is 6.07 Å². The van der Waals surface area contributed by atoms with Gasteiger partial charge in [-0.2, -0.15) is 5.26 Å². The average Bonchev–Trinajstić information content (AvgIpc) is 3.51. The van der Waals surface area contributed by atoms with Crippen LogP contribution < -0.4 is 5.63 Å². The Labute approximate surface area is 215 Å². The van der Waals surface area contributed by atoms with Gasteiger partial charge in [0.15, 0.2) is 5.58 Å². The summed E-state index contributed by atoms with van der Waals surface area (Å²) in [5, 5.41) is 10.8. The number of benzene rings is 1. The van der Waals surface area contributed by atoms with Crippen LogP contribution in [0.15, 0.2) is 44.1 Å². The molecule has 0 unspecified atom stereocenters. The molecular weight excluding hydrogens is 476 g/mol. The third-order valence-corrected chi connectivity index (χ3v) is 7.44. The maximum atomic E-state index is 12.4. The molecule has 0 bridgehead atoms. The fourth-order valence-electron chi connectivity index (χ4n) is 5.51. The Kier molecular flexibility index (Phi) is 6.85. The Bertz CT molecular complexity index is 1530. The first-order valence-electron chi connectivity index (χ1n) is 12.4. The minimum absolute atomic E-state index is 0. The predicted octanol–water partition coefficient (Wildman–Crippen LogP) is 4.85. The van der Waals surface area contributed by atoms with Gasteiger partial charge >= 0.3 is 5.63 Å². The molecule has 1 aliphatic heterocycles. The van der Waals surface area contributed by atoms with Crippen molar-refractivity contribution in [3.05, 3.63) is 63.3 Å². The van der Waals surface area contributed by atoms with Gasteiger partial charge in [0.05, 0.1) is 11.8 Å². The van der Waals surface area contributed by atoms with Crippen LogP contribution in [0.5, 0.6) is 0 Å². The van der Waals surface area contributed by atoms with E-state index in [-0.39, 0.29) is 18.0 Å². The van der Waals surface area contributed by atoms with Crippen molar-refractivity contribution in [2.75, 3.05) is 32.7 Å². The van der Waals surface area contributed by atoms with Crippen molar-refractivity contribution >= 4 is 34.3 Å². The Morgan fingerprint density at radius 1 is 1.00 bits per heavy atom. The molecule has 1 fully saturated rings. The van der Waals surface area contributed by atoms with E-state index in [9.17, 15) is 4.79 Å². The van der Waals surface area contributed by atoms with Crippen molar-refractivity contribution in [3.63, 3.8) is 0 Å². The second-order valence-electron chi connectivity index (χ2n) is 9.70. The van der Waals surface area contributed by atoms with Gasteiger partial charge in [-0.25, -0.2) is 4.79 Å². The first kappa shape index (κ1) is 24.5. The number of furan rings is 1. The zero-order chi connectivity index (χ0) is 23.9. The van der Waals surface area contributed by atoms with Crippen molar-refractivity contribution in [1.82, 2.24) is 14.8 Å². The summed E-state index contributed by atoms with van der Waals surface area (Å²) in [6, 6.07) is 10.0. The van der Waals surface area contributed by atoms with Gasteiger partial charge in [-0.05, 0) is 61.1 Å². The summed E-state index contributed by atoms with van der Waals surface area (Å²) >= 11 is 0. The minimum Gasteiger partial charge on any atom is -0.454 e. The van der Waals surface area contributed by atoms with E-state index < -0.39 is 0 Å². The summed E-state index contributed by atoms with van der Waals surface area (Å²) in [5.41, 5.74) is 6.37. The molecule has 4 heterocycles. The number of pyridine rings is 1. The van der Waals surface area contributed by atoms with Crippen LogP contribution in [0.1, 0.15) is 35.2 Å². The molecule has 1 saturated heterocycles. The second-order valence-corrected chi connectivity index (χ2v) is 9.70. The number of aryl methyl sites for hydroxylation is 3. The van der Waals surface area contributed by atoms with Gasteiger partial charge in [-0.15, -0.1) is 12.4 Å². The number of piperazine rings is 1. The molecule has 0 spiro atoms. The normalized spacial score (nSPS) is 16.2. The summed E-state index contributed by atoms with van der Waals surface area (Å²) < 4.78 is 11.9. The molecule has 0 saturated carbocycles. The van der Waals surface area contributed by atoms with Gasteiger partial charge in [0, 0.05) is 74.3 Å². The molecule has 4 aromatic rings. The lowest BCUT2D eigenvalue weighted by atomic mass is 10.0. The molecule has 36 heavy (non-hydrogen) atoms. The quantitative estimate of drug-likeness (QED) is 0.359. The fourth-order valence-corrected chi connectivity index (χ4v) is 5.51. The van der Waals surface area contributed by atoms with Gasteiger partial charge in [0.25, 0.3) is 0 Å². The van der Waals surface area contributed by atoms with Gasteiger partial charge in [-0.3, -0.25) is 14.8 Å². The number of aromatic nitrogens is 1. The van der Waals surface area contributed by atoms with E-state index in [2.05, 4.69) is 33.0 Å². The third-order valence-electron chi connectivity index (χ3n) is 7.44. The topological polar surface area (TPSA) is 86.5 Å². The standard InChI is InChI=1S/C28H28N4O3.ClH/c1-18-28-22(21(16-30-18)17-32-10-8-31(9-11-32)7-3-6-29)14-26(35-28)24-15-27(33)34-25-13-20-5-2-4-19(20)12-23(24)25;/h12-16H,2-5,7-11,17H2,1H3;1H. The van der Waals surface area contributed by atoms with Crippen LogP contribution in [0.2, 0.25) is 0 Å². The number of hydrogen-bond acceptors (Lipinski definition) is 7. The van der Waals surface area contributed by atoms with Crippen molar-refractivity contribution in [3.8, 4) is 17.4 Å². The molecule has 0 amide bonds. The zero-order valence-corrected chi connectivity index (χ0v) is 21.2. The van der Waals surface area contributed by atoms with E-state index in [4.69, 9.17) is 14.1 Å². The van der Waals surface area contributed by atoms with Crippen molar-refractivity contribution in [2.45, 2.75) is 39.2 Å². The number of hydrogen-bond donors (Lipinski definition) is 0. The monoisotopic (exact) mass is 504 g/mol. The zero-order valence-electron chi connectivity index (χ0n) is 20.4. The number of fused-ring (bicyclic) bond motifs is 3. The lowest BCUT2D eigenvalue weighted by Gasteiger charge is -2.34. The molecule has 6 rings (SSSR count). The number of nitriles is 1. The van der Waals surface area contributed by atoms with E-state index in [0.29, 0.717) is 17.8 Å². The number of nitrogens with zero attached hydrogens (tertiary/aromatic N) is 4. The van der Waals surface area contributed by atoms with Crippen molar-refractivity contribution in [1.29, 1.82) is 5.26 Å². The molecule has 3 aromatic heterocycles. The lowest BCUT2D eigenvalue weighted by molar-refractivity contribution is 0.129. The second kappa shape index (κ2) is 10.1. The summed E-state index contributed by atoms with van der Waals surface area (Å²) in [6.07, 6.45) is 5.75.